The molecule has 0 amide bonds. The van der Waals surface area contributed by atoms with Crippen LogP contribution < -0.4 is 5.32 Å². The maximum absolute atomic E-state index is 4.10. The number of thiophene rings is 1. The molecule has 0 fully saturated rings. The average Bonchev–Trinajstić information content (AvgIpc) is 2.88. The number of rotatable bonds is 6. The van der Waals surface area contributed by atoms with Crippen molar-refractivity contribution in [2.75, 3.05) is 13.1 Å². The van der Waals surface area contributed by atoms with Gasteiger partial charge in [-0.25, -0.2) is 0 Å². The Morgan fingerprint density at radius 1 is 1.18 bits per heavy atom. The standard InChI is InChI=1S/C15H17NS/c1-13(15-5-3-2-4-6-15)11-16-9-7-14-8-10-17-12-14/h2-6,8,10,12,16H,1,7,9,11H2. The lowest BCUT2D eigenvalue weighted by molar-refractivity contribution is 0.753. The quantitative estimate of drug-likeness (QED) is 0.764. The van der Waals surface area contributed by atoms with Gasteiger partial charge in [0.1, 0.15) is 0 Å². The zero-order chi connectivity index (χ0) is 11.9. The van der Waals surface area contributed by atoms with Crippen LogP contribution in [0.4, 0.5) is 0 Å². The molecule has 1 aromatic carbocycles. The average molecular weight is 243 g/mol. The van der Waals surface area contributed by atoms with E-state index >= 15 is 0 Å². The third kappa shape index (κ3) is 3.84. The van der Waals surface area contributed by atoms with Gasteiger partial charge in [0.15, 0.2) is 0 Å². The molecule has 88 valence electrons. The third-order valence-corrected chi connectivity index (χ3v) is 3.42. The van der Waals surface area contributed by atoms with Gasteiger partial charge in [0, 0.05) is 6.54 Å². The highest BCUT2D eigenvalue weighted by Crippen LogP contribution is 2.10. The fraction of sp³-hybridized carbons (Fsp3) is 0.200. The first kappa shape index (κ1) is 12.1. The third-order valence-electron chi connectivity index (χ3n) is 2.69. The predicted molar refractivity (Wildman–Crippen MR) is 76.4 cm³/mol. The highest BCUT2D eigenvalue weighted by atomic mass is 32.1. The van der Waals surface area contributed by atoms with Crippen LogP contribution in [0.25, 0.3) is 5.57 Å². The molecule has 1 aromatic heterocycles. The molecule has 0 saturated carbocycles. The van der Waals surface area contributed by atoms with Crippen LogP contribution in [0.2, 0.25) is 0 Å². The molecule has 0 aliphatic rings. The summed E-state index contributed by atoms with van der Waals surface area (Å²) in [5.41, 5.74) is 3.78. The first-order valence-electron chi connectivity index (χ1n) is 5.81. The van der Waals surface area contributed by atoms with Gasteiger partial charge < -0.3 is 5.32 Å². The minimum absolute atomic E-state index is 0.855. The Labute approximate surface area is 107 Å². The van der Waals surface area contributed by atoms with Crippen LogP contribution in [-0.4, -0.2) is 13.1 Å². The van der Waals surface area contributed by atoms with Crippen LogP contribution in [0.15, 0.2) is 53.7 Å². The zero-order valence-corrected chi connectivity index (χ0v) is 10.7. The minimum Gasteiger partial charge on any atom is -0.312 e. The van der Waals surface area contributed by atoms with Crippen molar-refractivity contribution in [3.8, 4) is 0 Å². The minimum atomic E-state index is 0.855. The molecule has 1 heterocycles. The van der Waals surface area contributed by atoms with Crippen molar-refractivity contribution in [3.05, 3.63) is 64.9 Å². The second kappa shape index (κ2) is 6.38. The molecule has 2 heteroatoms. The van der Waals surface area contributed by atoms with E-state index in [1.54, 1.807) is 11.3 Å². The molecule has 1 N–H and O–H groups in total. The van der Waals surface area contributed by atoms with Crippen molar-refractivity contribution in [3.63, 3.8) is 0 Å². The normalized spacial score (nSPS) is 10.4. The van der Waals surface area contributed by atoms with Gasteiger partial charge >= 0.3 is 0 Å². The van der Waals surface area contributed by atoms with Crippen LogP contribution in [0.1, 0.15) is 11.1 Å². The summed E-state index contributed by atoms with van der Waals surface area (Å²) in [5, 5.41) is 7.75. The molecule has 0 atom stereocenters. The lowest BCUT2D eigenvalue weighted by Gasteiger charge is -2.07. The first-order valence-corrected chi connectivity index (χ1v) is 6.75. The van der Waals surface area contributed by atoms with E-state index < -0.39 is 0 Å². The summed E-state index contributed by atoms with van der Waals surface area (Å²) < 4.78 is 0. The Bertz CT molecular complexity index is 445. The molecule has 0 bridgehead atoms. The molecule has 1 nitrogen and oxygen atoms in total. The molecule has 17 heavy (non-hydrogen) atoms. The summed E-state index contributed by atoms with van der Waals surface area (Å²) in [6.45, 7) is 5.96. The molecular weight excluding hydrogens is 226 g/mol. The molecular formula is C15H17NS. The molecule has 0 radical (unpaired) electrons. The maximum Gasteiger partial charge on any atom is 0.0205 e. The monoisotopic (exact) mass is 243 g/mol. The number of hydrogen-bond acceptors (Lipinski definition) is 2. The van der Waals surface area contributed by atoms with E-state index in [4.69, 9.17) is 0 Å². The van der Waals surface area contributed by atoms with Crippen molar-refractivity contribution in [2.24, 2.45) is 0 Å². The Morgan fingerprint density at radius 2 is 2.00 bits per heavy atom. The van der Waals surface area contributed by atoms with E-state index in [1.165, 1.54) is 11.1 Å². The van der Waals surface area contributed by atoms with E-state index in [1.807, 2.05) is 18.2 Å². The van der Waals surface area contributed by atoms with Gasteiger partial charge in [-0.1, -0.05) is 36.9 Å². The predicted octanol–water partition coefficient (Wildman–Crippen LogP) is 3.59. The summed E-state index contributed by atoms with van der Waals surface area (Å²) in [5.74, 6) is 0. The van der Waals surface area contributed by atoms with Crippen LogP contribution in [0, 0.1) is 0 Å². The molecule has 0 unspecified atom stereocenters. The molecule has 2 aromatic rings. The SMILES string of the molecule is C=C(CNCCc1ccsc1)c1ccccc1. The largest absolute Gasteiger partial charge is 0.312 e. The Kier molecular flexibility index (Phi) is 4.54. The van der Waals surface area contributed by atoms with Gasteiger partial charge in [0.05, 0.1) is 0 Å². The topological polar surface area (TPSA) is 12.0 Å². The zero-order valence-electron chi connectivity index (χ0n) is 9.86. The first-order chi connectivity index (χ1) is 8.36. The van der Waals surface area contributed by atoms with Crippen molar-refractivity contribution < 1.29 is 0 Å². The molecule has 0 aliphatic heterocycles. The van der Waals surface area contributed by atoms with Gasteiger partial charge in [-0.15, -0.1) is 0 Å². The van der Waals surface area contributed by atoms with Gasteiger partial charge in [0.25, 0.3) is 0 Å². The Morgan fingerprint density at radius 3 is 2.71 bits per heavy atom. The molecule has 0 aliphatic carbocycles. The molecule has 0 saturated heterocycles. The molecule has 0 spiro atoms. The fourth-order valence-electron chi connectivity index (χ4n) is 1.68. The number of nitrogens with one attached hydrogen (secondary N) is 1. The fourth-order valence-corrected chi connectivity index (χ4v) is 2.39. The Hall–Kier alpha value is -1.38. The van der Waals surface area contributed by atoms with Gasteiger partial charge in [-0.05, 0) is 46.5 Å². The lowest BCUT2D eigenvalue weighted by Crippen LogP contribution is -2.19. The highest BCUT2D eigenvalue weighted by molar-refractivity contribution is 7.07. The number of hydrogen-bond donors (Lipinski definition) is 1. The van der Waals surface area contributed by atoms with E-state index in [-0.39, 0.29) is 0 Å². The second-order valence-corrected chi connectivity index (χ2v) is 4.81. The van der Waals surface area contributed by atoms with Crippen LogP contribution in [-0.2, 0) is 6.42 Å². The van der Waals surface area contributed by atoms with Crippen LogP contribution >= 0.6 is 11.3 Å². The Balaban J connectivity index is 1.70. The van der Waals surface area contributed by atoms with E-state index in [2.05, 4.69) is 40.9 Å². The van der Waals surface area contributed by atoms with E-state index in [0.29, 0.717) is 0 Å². The van der Waals surface area contributed by atoms with Gasteiger partial charge in [-0.2, -0.15) is 11.3 Å². The molecule has 2 rings (SSSR count). The summed E-state index contributed by atoms with van der Waals surface area (Å²) in [4.78, 5) is 0. The lowest BCUT2D eigenvalue weighted by atomic mass is 10.1. The van der Waals surface area contributed by atoms with Crippen LogP contribution in [0.5, 0.6) is 0 Å². The number of benzene rings is 1. The van der Waals surface area contributed by atoms with Crippen molar-refractivity contribution >= 4 is 16.9 Å². The highest BCUT2D eigenvalue weighted by Gasteiger charge is 1.97. The van der Waals surface area contributed by atoms with E-state index in [9.17, 15) is 0 Å². The second-order valence-electron chi connectivity index (χ2n) is 4.03. The summed E-state index contributed by atoms with van der Waals surface area (Å²) >= 11 is 1.76. The van der Waals surface area contributed by atoms with Crippen molar-refractivity contribution in [1.82, 2.24) is 5.32 Å². The van der Waals surface area contributed by atoms with Crippen LogP contribution in [0.3, 0.4) is 0 Å². The van der Waals surface area contributed by atoms with Crippen molar-refractivity contribution in [1.29, 1.82) is 0 Å². The summed E-state index contributed by atoms with van der Waals surface area (Å²) in [6.07, 6.45) is 1.09. The smallest absolute Gasteiger partial charge is 0.0205 e. The summed E-state index contributed by atoms with van der Waals surface area (Å²) in [6, 6.07) is 12.5. The summed E-state index contributed by atoms with van der Waals surface area (Å²) in [7, 11) is 0. The van der Waals surface area contributed by atoms with Gasteiger partial charge in [-0.3, -0.25) is 0 Å². The van der Waals surface area contributed by atoms with Crippen molar-refractivity contribution in [2.45, 2.75) is 6.42 Å². The van der Waals surface area contributed by atoms with Gasteiger partial charge in [0.2, 0.25) is 0 Å². The van der Waals surface area contributed by atoms with E-state index in [0.717, 1.165) is 25.1 Å². The maximum atomic E-state index is 4.10.